The third-order valence-corrected chi connectivity index (χ3v) is 5.07. The fourth-order valence-corrected chi connectivity index (χ4v) is 4.10. The monoisotopic (exact) mass is 305 g/mol. The summed E-state index contributed by atoms with van der Waals surface area (Å²) in [6.07, 6.45) is 6.25. The zero-order chi connectivity index (χ0) is 15.2. The van der Waals surface area contributed by atoms with E-state index in [9.17, 15) is 0 Å². The number of anilines is 1. The highest BCUT2D eigenvalue weighted by molar-refractivity contribution is 7.99. The summed E-state index contributed by atoms with van der Waals surface area (Å²) in [6.45, 7) is 5.48. The first-order chi connectivity index (χ1) is 10.2. The van der Waals surface area contributed by atoms with Crippen molar-refractivity contribution in [2.75, 3.05) is 17.2 Å². The summed E-state index contributed by atoms with van der Waals surface area (Å²) in [5, 5.41) is 8.02. The van der Waals surface area contributed by atoms with E-state index >= 15 is 0 Å². The topological polar surface area (TPSA) is 53.1 Å². The van der Waals surface area contributed by atoms with Crippen LogP contribution in [0.3, 0.4) is 0 Å². The molecule has 3 N–H and O–H groups in total. The summed E-state index contributed by atoms with van der Waals surface area (Å²) in [5.41, 5.74) is 8.02. The first kappa shape index (κ1) is 16.2. The fraction of sp³-hybridized carbons (Fsp3) is 0.588. The Balaban J connectivity index is 2.40. The molecule has 0 spiro atoms. The molecule has 1 aromatic carbocycles. The van der Waals surface area contributed by atoms with E-state index in [0.717, 1.165) is 22.8 Å². The molecule has 1 saturated heterocycles. The Morgan fingerprint density at radius 2 is 2.19 bits per heavy atom. The van der Waals surface area contributed by atoms with Gasteiger partial charge in [0.2, 0.25) is 0 Å². The maximum atomic E-state index is 8.02. The molecule has 1 fully saturated rings. The Morgan fingerprint density at radius 3 is 2.86 bits per heavy atom. The van der Waals surface area contributed by atoms with Gasteiger partial charge >= 0.3 is 0 Å². The van der Waals surface area contributed by atoms with Gasteiger partial charge in [-0.15, -0.1) is 11.8 Å². The molecule has 0 aliphatic carbocycles. The highest BCUT2D eigenvalue weighted by Crippen LogP contribution is 2.34. The van der Waals surface area contributed by atoms with Crippen LogP contribution in [0.1, 0.15) is 51.5 Å². The van der Waals surface area contributed by atoms with E-state index in [-0.39, 0.29) is 5.84 Å². The van der Waals surface area contributed by atoms with Crippen LogP contribution in [-0.2, 0) is 0 Å². The average molecular weight is 305 g/mol. The van der Waals surface area contributed by atoms with Gasteiger partial charge in [-0.3, -0.25) is 5.41 Å². The molecule has 0 saturated carbocycles. The average Bonchev–Trinajstić information content (AvgIpc) is 2.48. The van der Waals surface area contributed by atoms with Crippen molar-refractivity contribution in [1.29, 1.82) is 5.41 Å². The van der Waals surface area contributed by atoms with Crippen molar-refractivity contribution < 1.29 is 0 Å². The Bertz CT molecular complexity index is 485. The minimum atomic E-state index is 0.197. The van der Waals surface area contributed by atoms with Crippen LogP contribution in [0.25, 0.3) is 0 Å². The van der Waals surface area contributed by atoms with Crippen LogP contribution in [0.4, 0.5) is 5.69 Å². The molecule has 0 aromatic heterocycles. The van der Waals surface area contributed by atoms with Gasteiger partial charge in [0.25, 0.3) is 0 Å². The summed E-state index contributed by atoms with van der Waals surface area (Å²) < 4.78 is 0. The number of hydrogen-bond donors (Lipinski definition) is 2. The zero-order valence-electron chi connectivity index (χ0n) is 13.2. The third kappa shape index (κ3) is 3.73. The maximum absolute atomic E-state index is 8.02. The second-order valence-electron chi connectivity index (χ2n) is 5.63. The van der Waals surface area contributed by atoms with Crippen molar-refractivity contribution in [3.8, 4) is 0 Å². The molecule has 1 unspecified atom stereocenters. The second-order valence-corrected chi connectivity index (χ2v) is 6.93. The van der Waals surface area contributed by atoms with Crippen molar-refractivity contribution in [2.24, 2.45) is 5.73 Å². The molecule has 1 aliphatic rings. The summed E-state index contributed by atoms with van der Waals surface area (Å²) in [6, 6.07) is 6.94. The van der Waals surface area contributed by atoms with E-state index < -0.39 is 0 Å². The minimum absolute atomic E-state index is 0.197. The molecule has 0 radical (unpaired) electrons. The number of thioether (sulfide) groups is 1. The lowest BCUT2D eigenvalue weighted by Crippen LogP contribution is -2.40. The summed E-state index contributed by atoms with van der Waals surface area (Å²) >= 11 is 1.78. The van der Waals surface area contributed by atoms with E-state index in [4.69, 9.17) is 11.1 Å². The van der Waals surface area contributed by atoms with Gasteiger partial charge in [-0.2, -0.15) is 0 Å². The van der Waals surface area contributed by atoms with Gasteiger partial charge in [-0.1, -0.05) is 26.3 Å². The van der Waals surface area contributed by atoms with E-state index in [1.54, 1.807) is 11.8 Å². The van der Waals surface area contributed by atoms with E-state index in [1.807, 2.05) is 0 Å². The van der Waals surface area contributed by atoms with Gasteiger partial charge in [0.05, 0.1) is 5.56 Å². The zero-order valence-corrected chi connectivity index (χ0v) is 14.0. The van der Waals surface area contributed by atoms with E-state index in [1.165, 1.54) is 37.8 Å². The molecule has 0 bridgehead atoms. The predicted octanol–water partition coefficient (Wildman–Crippen LogP) is 4.24. The molecular formula is C17H27N3S. The Labute approximate surface area is 132 Å². The third-order valence-electron chi connectivity index (χ3n) is 4.13. The van der Waals surface area contributed by atoms with Crippen LogP contribution in [0, 0.1) is 5.41 Å². The van der Waals surface area contributed by atoms with Crippen LogP contribution in [-0.4, -0.2) is 24.2 Å². The number of piperidine rings is 1. The highest BCUT2D eigenvalue weighted by atomic mass is 32.2. The summed E-state index contributed by atoms with van der Waals surface area (Å²) in [4.78, 5) is 3.65. The van der Waals surface area contributed by atoms with Crippen molar-refractivity contribution in [1.82, 2.24) is 0 Å². The lowest BCUT2D eigenvalue weighted by atomic mass is 9.96. The molecule has 4 heteroatoms. The van der Waals surface area contributed by atoms with Crippen LogP contribution >= 0.6 is 11.8 Å². The molecule has 2 rings (SSSR count). The largest absolute Gasteiger partial charge is 0.384 e. The van der Waals surface area contributed by atoms with E-state index in [2.05, 4.69) is 36.9 Å². The van der Waals surface area contributed by atoms with Crippen LogP contribution in [0.5, 0.6) is 0 Å². The molecule has 116 valence electrons. The molecule has 1 atom stereocenters. The second kappa shape index (κ2) is 7.74. The van der Waals surface area contributed by atoms with Crippen molar-refractivity contribution in [3.63, 3.8) is 0 Å². The fourth-order valence-electron chi connectivity index (χ4n) is 3.26. The normalized spacial score (nSPS) is 18.8. The summed E-state index contributed by atoms with van der Waals surface area (Å²) in [5.74, 6) is 1.20. The minimum Gasteiger partial charge on any atom is -0.384 e. The number of nitrogens with zero attached hydrogens (tertiary/aromatic N) is 1. The molecule has 1 aliphatic heterocycles. The number of benzene rings is 1. The molecule has 21 heavy (non-hydrogen) atoms. The Hall–Kier alpha value is -1.16. The van der Waals surface area contributed by atoms with Crippen molar-refractivity contribution in [2.45, 2.75) is 56.9 Å². The Kier molecular flexibility index (Phi) is 5.97. The highest BCUT2D eigenvalue weighted by Gasteiger charge is 2.25. The molecule has 1 aromatic rings. The number of hydrogen-bond acceptors (Lipinski definition) is 3. The standard InChI is InChI=1S/C17H27N3S/c1-3-8-13-9-5-6-12-20(13)14-10-7-11-15(21-4-2)16(14)17(18)19/h7,10-11,13H,3-6,8-9,12H2,1-2H3,(H3,18,19). The molecule has 3 nitrogen and oxygen atoms in total. The quantitative estimate of drug-likeness (QED) is 0.469. The number of nitrogen functional groups attached to an aromatic ring is 1. The first-order valence-corrected chi connectivity index (χ1v) is 9.04. The smallest absolute Gasteiger partial charge is 0.126 e. The lowest BCUT2D eigenvalue weighted by molar-refractivity contribution is 0.434. The van der Waals surface area contributed by atoms with Gasteiger partial charge in [-0.25, -0.2) is 0 Å². The number of amidine groups is 1. The maximum Gasteiger partial charge on any atom is 0.126 e. The van der Waals surface area contributed by atoms with Gasteiger partial charge < -0.3 is 10.6 Å². The Morgan fingerprint density at radius 1 is 1.38 bits per heavy atom. The van der Waals surface area contributed by atoms with Crippen molar-refractivity contribution >= 4 is 23.3 Å². The van der Waals surface area contributed by atoms with Gasteiger partial charge in [0.1, 0.15) is 5.84 Å². The van der Waals surface area contributed by atoms with Gasteiger partial charge in [0, 0.05) is 23.2 Å². The van der Waals surface area contributed by atoms with Crippen LogP contribution in [0.2, 0.25) is 0 Å². The van der Waals surface area contributed by atoms with Crippen LogP contribution < -0.4 is 10.6 Å². The number of nitrogens with two attached hydrogens (primary N) is 1. The molecular weight excluding hydrogens is 278 g/mol. The van der Waals surface area contributed by atoms with E-state index in [0.29, 0.717) is 6.04 Å². The molecule has 1 heterocycles. The summed E-state index contributed by atoms with van der Waals surface area (Å²) in [7, 11) is 0. The lowest BCUT2D eigenvalue weighted by Gasteiger charge is -2.39. The first-order valence-electron chi connectivity index (χ1n) is 8.05. The predicted molar refractivity (Wildman–Crippen MR) is 93.7 cm³/mol. The van der Waals surface area contributed by atoms with Crippen LogP contribution in [0.15, 0.2) is 23.1 Å². The molecule has 0 amide bonds. The number of rotatable bonds is 6. The van der Waals surface area contributed by atoms with Crippen molar-refractivity contribution in [3.05, 3.63) is 23.8 Å². The number of nitrogens with one attached hydrogen (secondary N) is 1. The SMILES string of the molecule is CCCC1CCCCN1c1cccc(SCC)c1C(=N)N. The van der Waals surface area contributed by atoms with Gasteiger partial charge in [-0.05, 0) is 43.6 Å². The van der Waals surface area contributed by atoms with Gasteiger partial charge in [0.15, 0.2) is 0 Å².